The molecule has 31 heavy (non-hydrogen) atoms. The largest absolute Gasteiger partial charge is 0.492 e. The van der Waals surface area contributed by atoms with Crippen LogP contribution in [0.4, 0.5) is 0 Å². The van der Waals surface area contributed by atoms with Crippen molar-refractivity contribution >= 4 is 39.3 Å². The molecule has 2 aromatic carbocycles. The molecule has 168 valence electrons. The van der Waals surface area contributed by atoms with Crippen molar-refractivity contribution in [1.29, 1.82) is 0 Å². The predicted molar refractivity (Wildman–Crippen MR) is 124 cm³/mol. The molecule has 0 aliphatic carbocycles. The second-order valence-corrected chi connectivity index (χ2v) is 10.8. The lowest BCUT2D eigenvalue weighted by Crippen LogP contribution is -2.35. The third-order valence-electron chi connectivity index (χ3n) is 4.95. The van der Waals surface area contributed by atoms with E-state index in [1.807, 2.05) is 31.2 Å². The van der Waals surface area contributed by atoms with Crippen molar-refractivity contribution in [2.24, 2.45) is 0 Å². The van der Waals surface area contributed by atoms with Crippen LogP contribution in [0.2, 0.25) is 5.02 Å². The summed E-state index contributed by atoms with van der Waals surface area (Å²) in [6.07, 6.45) is 2.51. The Morgan fingerprint density at radius 3 is 2.39 bits per heavy atom. The highest BCUT2D eigenvalue weighted by Gasteiger charge is 2.27. The van der Waals surface area contributed by atoms with E-state index in [4.69, 9.17) is 16.3 Å². The van der Waals surface area contributed by atoms with Gasteiger partial charge in [0.2, 0.25) is 15.9 Å². The number of thioether (sulfide) groups is 1. The van der Waals surface area contributed by atoms with Crippen LogP contribution in [0.5, 0.6) is 5.75 Å². The van der Waals surface area contributed by atoms with E-state index in [-0.39, 0.29) is 16.1 Å². The average Bonchev–Trinajstić information content (AvgIpc) is 3.32. The zero-order valence-electron chi connectivity index (χ0n) is 17.4. The molecule has 1 atom stereocenters. The number of nitrogens with zero attached hydrogens (tertiary/aromatic N) is 1. The van der Waals surface area contributed by atoms with Crippen LogP contribution in [0.1, 0.15) is 26.2 Å². The molecule has 1 N–H and O–H groups in total. The summed E-state index contributed by atoms with van der Waals surface area (Å²) < 4.78 is 32.3. The molecular weight excluding hydrogens is 456 g/mol. The molecule has 0 spiro atoms. The maximum atomic E-state index is 12.6. The van der Waals surface area contributed by atoms with Gasteiger partial charge in [-0.3, -0.25) is 4.79 Å². The summed E-state index contributed by atoms with van der Waals surface area (Å²) in [5, 5.41) is 3.36. The number of rotatable bonds is 10. The van der Waals surface area contributed by atoms with Gasteiger partial charge in [0.05, 0.1) is 16.7 Å². The lowest BCUT2D eigenvalue weighted by molar-refractivity contribution is -0.120. The fraction of sp³-hybridized carbons (Fsp3) is 0.409. The first-order chi connectivity index (χ1) is 14.9. The minimum atomic E-state index is -3.42. The summed E-state index contributed by atoms with van der Waals surface area (Å²) in [5.74, 6) is 0.523. The number of hydrogen-bond acceptors (Lipinski definition) is 5. The second-order valence-electron chi connectivity index (χ2n) is 7.19. The first-order valence-corrected chi connectivity index (χ1v) is 13.0. The summed E-state index contributed by atoms with van der Waals surface area (Å²) in [6.45, 7) is 3.79. The number of carbonyl (C=O) groups excluding carboxylic acids is 1. The van der Waals surface area contributed by atoms with Gasteiger partial charge < -0.3 is 10.1 Å². The van der Waals surface area contributed by atoms with Crippen LogP contribution >= 0.6 is 23.4 Å². The molecule has 1 heterocycles. The quantitative estimate of drug-likeness (QED) is 0.406. The van der Waals surface area contributed by atoms with Gasteiger partial charge in [0.25, 0.3) is 0 Å². The number of amides is 1. The van der Waals surface area contributed by atoms with E-state index in [0.717, 1.165) is 17.7 Å². The van der Waals surface area contributed by atoms with E-state index in [9.17, 15) is 13.2 Å². The number of nitrogens with one attached hydrogen (secondary N) is 1. The molecule has 2 aromatic rings. The van der Waals surface area contributed by atoms with Crippen LogP contribution in [-0.2, 0) is 14.8 Å². The van der Waals surface area contributed by atoms with E-state index in [2.05, 4.69) is 5.32 Å². The third kappa shape index (κ3) is 6.62. The van der Waals surface area contributed by atoms with Gasteiger partial charge >= 0.3 is 0 Å². The van der Waals surface area contributed by atoms with Crippen molar-refractivity contribution in [2.45, 2.75) is 41.2 Å². The molecule has 3 rings (SSSR count). The molecular formula is C22H27ClN2O4S2. The molecule has 1 aliphatic heterocycles. The number of ether oxygens (including phenoxy) is 1. The van der Waals surface area contributed by atoms with E-state index in [1.165, 1.54) is 16.1 Å². The van der Waals surface area contributed by atoms with Crippen LogP contribution in [0, 0.1) is 0 Å². The SMILES string of the molecule is CC[C@H](Sc1ccc(Cl)cc1)C(=O)NCCOc1ccc(S(=O)(=O)N2CCCC2)cc1. The standard InChI is InChI=1S/C22H27ClN2O4S2/c1-2-21(30-19-9-5-17(23)6-10-19)22(26)24-13-16-29-18-7-11-20(12-8-18)31(27,28)25-14-3-4-15-25/h5-12,21H,2-4,13-16H2,1H3,(H,24,26)/t21-/m0/s1. The maximum Gasteiger partial charge on any atom is 0.243 e. The number of hydrogen-bond donors (Lipinski definition) is 1. The van der Waals surface area contributed by atoms with Gasteiger partial charge in [0, 0.05) is 23.0 Å². The van der Waals surface area contributed by atoms with Crippen molar-refractivity contribution in [1.82, 2.24) is 9.62 Å². The van der Waals surface area contributed by atoms with Gasteiger partial charge in [0.1, 0.15) is 12.4 Å². The minimum Gasteiger partial charge on any atom is -0.492 e. The van der Waals surface area contributed by atoms with Gasteiger partial charge in [0.15, 0.2) is 0 Å². The molecule has 1 saturated heterocycles. The molecule has 0 unspecified atom stereocenters. The molecule has 0 radical (unpaired) electrons. The Labute approximate surface area is 193 Å². The van der Waals surface area contributed by atoms with Gasteiger partial charge in [-0.05, 0) is 67.8 Å². The summed E-state index contributed by atoms with van der Waals surface area (Å²) in [5.41, 5.74) is 0. The van der Waals surface area contributed by atoms with Gasteiger partial charge in [-0.25, -0.2) is 8.42 Å². The molecule has 0 saturated carbocycles. The maximum absolute atomic E-state index is 12.6. The van der Waals surface area contributed by atoms with Crippen molar-refractivity contribution in [3.8, 4) is 5.75 Å². The van der Waals surface area contributed by atoms with E-state index in [1.54, 1.807) is 24.3 Å². The molecule has 6 nitrogen and oxygen atoms in total. The zero-order chi connectivity index (χ0) is 22.3. The predicted octanol–water partition coefficient (Wildman–Crippen LogP) is 4.19. The third-order valence-corrected chi connectivity index (χ3v) is 8.49. The highest BCUT2D eigenvalue weighted by atomic mass is 35.5. The van der Waals surface area contributed by atoms with Gasteiger partial charge in [-0.1, -0.05) is 18.5 Å². The fourth-order valence-electron chi connectivity index (χ4n) is 3.24. The molecule has 0 aromatic heterocycles. The number of carbonyl (C=O) groups is 1. The van der Waals surface area contributed by atoms with Crippen LogP contribution < -0.4 is 10.1 Å². The molecule has 9 heteroatoms. The highest BCUT2D eigenvalue weighted by Crippen LogP contribution is 2.27. The topological polar surface area (TPSA) is 75.7 Å². The molecule has 1 aliphatic rings. The van der Waals surface area contributed by atoms with E-state index >= 15 is 0 Å². The molecule has 1 fully saturated rings. The Morgan fingerprint density at radius 1 is 1.13 bits per heavy atom. The fourth-order valence-corrected chi connectivity index (χ4v) is 5.86. The van der Waals surface area contributed by atoms with E-state index in [0.29, 0.717) is 43.4 Å². The highest BCUT2D eigenvalue weighted by molar-refractivity contribution is 8.00. The Morgan fingerprint density at radius 2 is 1.77 bits per heavy atom. The normalized spacial score (nSPS) is 15.5. The first kappa shape index (κ1) is 23.9. The summed E-state index contributed by atoms with van der Waals surface area (Å²) >= 11 is 7.41. The second kappa shape index (κ2) is 11.2. The lowest BCUT2D eigenvalue weighted by Gasteiger charge is -2.16. The van der Waals surface area contributed by atoms with Crippen LogP contribution in [0.25, 0.3) is 0 Å². The van der Waals surface area contributed by atoms with Crippen LogP contribution in [0.15, 0.2) is 58.3 Å². The summed E-state index contributed by atoms with van der Waals surface area (Å²) in [4.78, 5) is 13.7. The molecule has 1 amide bonds. The minimum absolute atomic E-state index is 0.0434. The van der Waals surface area contributed by atoms with Crippen LogP contribution in [-0.4, -0.2) is 50.1 Å². The van der Waals surface area contributed by atoms with Gasteiger partial charge in [-0.15, -0.1) is 11.8 Å². The van der Waals surface area contributed by atoms with Gasteiger partial charge in [-0.2, -0.15) is 4.31 Å². The summed E-state index contributed by atoms with van der Waals surface area (Å²) in [6, 6.07) is 13.9. The monoisotopic (exact) mass is 482 g/mol. The summed E-state index contributed by atoms with van der Waals surface area (Å²) in [7, 11) is -3.42. The first-order valence-electron chi connectivity index (χ1n) is 10.3. The van der Waals surface area contributed by atoms with Crippen molar-refractivity contribution in [2.75, 3.05) is 26.2 Å². The number of sulfonamides is 1. The lowest BCUT2D eigenvalue weighted by atomic mass is 10.3. The van der Waals surface area contributed by atoms with E-state index < -0.39 is 10.0 Å². The number of halogens is 1. The zero-order valence-corrected chi connectivity index (χ0v) is 19.8. The molecule has 0 bridgehead atoms. The van der Waals surface area contributed by atoms with Crippen molar-refractivity contribution in [3.63, 3.8) is 0 Å². The smallest absolute Gasteiger partial charge is 0.243 e. The van der Waals surface area contributed by atoms with Crippen molar-refractivity contribution < 1.29 is 17.9 Å². The number of benzene rings is 2. The average molecular weight is 483 g/mol. The Kier molecular flexibility index (Phi) is 8.66. The Balaban J connectivity index is 1.44. The van der Waals surface area contributed by atoms with Crippen LogP contribution in [0.3, 0.4) is 0 Å². The Bertz CT molecular complexity index is 960. The van der Waals surface area contributed by atoms with Crippen molar-refractivity contribution in [3.05, 3.63) is 53.6 Å². The Hall–Kier alpha value is -1.74.